The van der Waals surface area contributed by atoms with Crippen LogP contribution in [0.1, 0.15) is 5.56 Å². The van der Waals surface area contributed by atoms with E-state index in [1.165, 1.54) is 0 Å². The second kappa shape index (κ2) is 9.88. The predicted octanol–water partition coefficient (Wildman–Crippen LogP) is 1.19. The Morgan fingerprint density at radius 3 is 2.63 bits per heavy atom. The van der Waals surface area contributed by atoms with Gasteiger partial charge in [0.15, 0.2) is 0 Å². The Kier molecular flexibility index (Phi) is 9.36. The summed E-state index contributed by atoms with van der Waals surface area (Å²) in [6, 6.07) is 3.76. The highest BCUT2D eigenvalue weighted by atomic mass is 35.5. The molecule has 19 heavy (non-hydrogen) atoms. The molecule has 1 saturated heterocycles. The van der Waals surface area contributed by atoms with Gasteiger partial charge >= 0.3 is 0 Å². The monoisotopic (exact) mass is 303 g/mol. The molecule has 0 aromatic carbocycles. The zero-order valence-electron chi connectivity index (χ0n) is 10.9. The van der Waals surface area contributed by atoms with Crippen LogP contribution in [0.4, 0.5) is 0 Å². The Labute approximate surface area is 126 Å². The van der Waals surface area contributed by atoms with E-state index in [0.29, 0.717) is 5.88 Å². The Hall–Kier alpha value is -0.990. The lowest BCUT2D eigenvalue weighted by molar-refractivity contribution is 0.268. The molecule has 0 unspecified atom stereocenters. The topological polar surface area (TPSA) is 37.4 Å². The lowest BCUT2D eigenvalue weighted by Crippen LogP contribution is -2.43. The molecule has 1 aliphatic rings. The fraction of sp³-hybridized carbons (Fsp3) is 0.462. The van der Waals surface area contributed by atoms with Gasteiger partial charge in [0, 0.05) is 44.0 Å². The Morgan fingerprint density at radius 2 is 2.05 bits per heavy atom. The van der Waals surface area contributed by atoms with Crippen LogP contribution in [-0.4, -0.2) is 49.7 Å². The van der Waals surface area contributed by atoms with Gasteiger partial charge in [-0.3, -0.25) is 4.90 Å². The summed E-state index contributed by atoms with van der Waals surface area (Å²) in [5.74, 6) is 6.91. The van der Waals surface area contributed by atoms with Crippen LogP contribution < -0.4 is 10.1 Å². The van der Waals surface area contributed by atoms with E-state index in [1.54, 1.807) is 13.3 Å². The van der Waals surface area contributed by atoms with Gasteiger partial charge in [-0.2, -0.15) is 0 Å². The molecular formula is C13H19Cl2N3O. The molecule has 0 spiro atoms. The van der Waals surface area contributed by atoms with Gasteiger partial charge in [-0.15, -0.1) is 24.8 Å². The molecule has 6 heteroatoms. The normalized spacial score (nSPS) is 14.4. The van der Waals surface area contributed by atoms with Gasteiger partial charge in [0.1, 0.15) is 0 Å². The number of hydrogen-bond acceptors (Lipinski definition) is 4. The molecule has 1 fully saturated rings. The van der Waals surface area contributed by atoms with E-state index in [1.807, 2.05) is 12.1 Å². The number of hydrogen-bond donors (Lipinski definition) is 1. The van der Waals surface area contributed by atoms with Crippen molar-refractivity contribution in [3.63, 3.8) is 0 Å². The molecule has 0 amide bonds. The van der Waals surface area contributed by atoms with Crippen molar-refractivity contribution in [2.24, 2.45) is 0 Å². The van der Waals surface area contributed by atoms with Crippen molar-refractivity contribution in [2.75, 3.05) is 39.8 Å². The van der Waals surface area contributed by atoms with Crippen molar-refractivity contribution in [3.8, 4) is 17.7 Å². The molecule has 2 heterocycles. The quantitative estimate of drug-likeness (QED) is 0.833. The second-order valence-electron chi connectivity index (χ2n) is 3.92. The first-order valence-electron chi connectivity index (χ1n) is 5.80. The molecular weight excluding hydrogens is 285 g/mol. The van der Waals surface area contributed by atoms with Crippen LogP contribution in [-0.2, 0) is 0 Å². The molecule has 1 aliphatic heterocycles. The summed E-state index contributed by atoms with van der Waals surface area (Å²) in [5, 5.41) is 3.32. The molecule has 106 valence electrons. The molecule has 0 radical (unpaired) electrons. The van der Waals surface area contributed by atoms with Crippen molar-refractivity contribution >= 4 is 24.8 Å². The number of nitrogens with one attached hydrogen (secondary N) is 1. The van der Waals surface area contributed by atoms with Crippen molar-refractivity contribution in [3.05, 3.63) is 23.9 Å². The zero-order chi connectivity index (χ0) is 11.9. The lowest BCUT2D eigenvalue weighted by Gasteiger charge is -2.24. The molecule has 0 bridgehead atoms. The number of aromatic nitrogens is 1. The van der Waals surface area contributed by atoms with E-state index < -0.39 is 0 Å². The molecule has 0 saturated carbocycles. The highest BCUT2D eigenvalue weighted by Crippen LogP contribution is 2.05. The van der Waals surface area contributed by atoms with Gasteiger partial charge in [-0.05, 0) is 6.07 Å². The Morgan fingerprint density at radius 1 is 1.32 bits per heavy atom. The molecule has 1 aromatic heterocycles. The Bertz CT molecular complexity index is 408. The molecule has 4 nitrogen and oxygen atoms in total. The van der Waals surface area contributed by atoms with Crippen LogP contribution in [0.2, 0.25) is 0 Å². The molecule has 1 N–H and O–H groups in total. The van der Waals surface area contributed by atoms with Gasteiger partial charge in [-0.1, -0.05) is 11.8 Å². The van der Waals surface area contributed by atoms with E-state index in [9.17, 15) is 0 Å². The van der Waals surface area contributed by atoms with Crippen LogP contribution in [0.15, 0.2) is 18.3 Å². The largest absolute Gasteiger partial charge is 0.481 e. The van der Waals surface area contributed by atoms with E-state index in [0.717, 1.165) is 38.3 Å². The van der Waals surface area contributed by atoms with Gasteiger partial charge in [0.2, 0.25) is 5.88 Å². The van der Waals surface area contributed by atoms with Gasteiger partial charge in [-0.25, -0.2) is 4.98 Å². The van der Waals surface area contributed by atoms with Gasteiger partial charge in [0.05, 0.1) is 13.7 Å². The second-order valence-corrected chi connectivity index (χ2v) is 3.92. The van der Waals surface area contributed by atoms with Crippen LogP contribution >= 0.6 is 24.8 Å². The number of methoxy groups -OCH3 is 1. The summed E-state index contributed by atoms with van der Waals surface area (Å²) in [4.78, 5) is 6.46. The van der Waals surface area contributed by atoms with E-state index >= 15 is 0 Å². The third-order valence-corrected chi connectivity index (χ3v) is 2.69. The number of halogens is 2. The van der Waals surface area contributed by atoms with Crippen molar-refractivity contribution < 1.29 is 4.74 Å². The molecule has 0 aliphatic carbocycles. The third-order valence-electron chi connectivity index (χ3n) is 2.69. The molecule has 2 rings (SSSR count). The summed E-state index contributed by atoms with van der Waals surface area (Å²) in [6.07, 6.45) is 1.74. The average molecular weight is 304 g/mol. The van der Waals surface area contributed by atoms with Crippen LogP contribution in [0.3, 0.4) is 0 Å². The highest BCUT2D eigenvalue weighted by Gasteiger charge is 2.06. The summed E-state index contributed by atoms with van der Waals surface area (Å²) in [5.41, 5.74) is 0.931. The number of ether oxygens (including phenoxy) is 1. The fourth-order valence-corrected chi connectivity index (χ4v) is 1.70. The maximum absolute atomic E-state index is 4.99. The van der Waals surface area contributed by atoms with Crippen LogP contribution in [0.5, 0.6) is 5.88 Å². The highest BCUT2D eigenvalue weighted by molar-refractivity contribution is 5.85. The number of rotatable bonds is 2. The number of piperazine rings is 1. The SMILES string of the molecule is COc1ccc(C#CCN2CCNCC2)cn1.Cl.Cl. The van der Waals surface area contributed by atoms with E-state index in [-0.39, 0.29) is 24.8 Å². The summed E-state index contributed by atoms with van der Waals surface area (Å²) in [6.45, 7) is 5.11. The molecule has 0 atom stereocenters. The minimum atomic E-state index is 0. The first kappa shape index (κ1) is 18.0. The molecule has 1 aromatic rings. The lowest BCUT2D eigenvalue weighted by atomic mass is 10.3. The predicted molar refractivity (Wildman–Crippen MR) is 81.5 cm³/mol. The standard InChI is InChI=1S/C13H17N3O.2ClH/c1-17-13-5-4-12(11-15-13)3-2-8-16-9-6-14-7-10-16;;/h4-5,11,14H,6-10H2,1H3;2*1H. The van der Waals surface area contributed by atoms with Gasteiger partial charge < -0.3 is 10.1 Å². The summed E-state index contributed by atoms with van der Waals surface area (Å²) < 4.78 is 4.99. The third kappa shape index (κ3) is 6.13. The van der Waals surface area contributed by atoms with Crippen LogP contribution in [0, 0.1) is 11.8 Å². The average Bonchev–Trinajstić information content (AvgIpc) is 2.41. The van der Waals surface area contributed by atoms with E-state index in [2.05, 4.69) is 27.0 Å². The van der Waals surface area contributed by atoms with E-state index in [4.69, 9.17) is 4.74 Å². The maximum atomic E-state index is 4.99. The first-order valence-corrected chi connectivity index (χ1v) is 5.80. The van der Waals surface area contributed by atoms with Gasteiger partial charge in [0.25, 0.3) is 0 Å². The summed E-state index contributed by atoms with van der Waals surface area (Å²) in [7, 11) is 1.61. The smallest absolute Gasteiger partial charge is 0.212 e. The maximum Gasteiger partial charge on any atom is 0.212 e. The minimum absolute atomic E-state index is 0. The first-order chi connectivity index (χ1) is 8.38. The Balaban J connectivity index is 0.00000162. The number of pyridine rings is 1. The fourth-order valence-electron chi connectivity index (χ4n) is 1.70. The zero-order valence-corrected chi connectivity index (χ0v) is 12.5. The van der Waals surface area contributed by atoms with Crippen molar-refractivity contribution in [2.45, 2.75) is 0 Å². The number of nitrogens with zero attached hydrogens (tertiary/aromatic N) is 2. The van der Waals surface area contributed by atoms with Crippen molar-refractivity contribution in [1.82, 2.24) is 15.2 Å². The summed E-state index contributed by atoms with van der Waals surface area (Å²) >= 11 is 0. The van der Waals surface area contributed by atoms with Crippen LogP contribution in [0.25, 0.3) is 0 Å². The minimum Gasteiger partial charge on any atom is -0.481 e. The van der Waals surface area contributed by atoms with Crippen molar-refractivity contribution in [1.29, 1.82) is 0 Å².